The predicted octanol–water partition coefficient (Wildman–Crippen LogP) is 5.03. The summed E-state index contributed by atoms with van der Waals surface area (Å²) in [5.41, 5.74) is 1.84. The number of nitro groups is 1. The Morgan fingerprint density at radius 3 is 2.62 bits per heavy atom. The van der Waals surface area contributed by atoms with Crippen molar-refractivity contribution in [2.75, 3.05) is 0 Å². The van der Waals surface area contributed by atoms with Gasteiger partial charge in [-0.2, -0.15) is 0 Å². The van der Waals surface area contributed by atoms with Crippen LogP contribution in [0.25, 0.3) is 22.4 Å². The zero-order valence-corrected chi connectivity index (χ0v) is 12.3. The number of non-ortho nitro benzene ring substituents is 1. The molecule has 3 rings (SSSR count). The molecule has 3 aromatic rings. The van der Waals surface area contributed by atoms with Gasteiger partial charge in [-0.1, -0.05) is 17.7 Å². The minimum atomic E-state index is -0.412. The van der Waals surface area contributed by atoms with E-state index in [2.05, 4.69) is 4.98 Å². The minimum Gasteiger partial charge on any atom is -0.258 e. The summed E-state index contributed by atoms with van der Waals surface area (Å²) in [5, 5.41) is 12.1. The molecular weight excluding hydrogens is 308 g/mol. The first-order valence-corrected chi connectivity index (χ1v) is 7.30. The number of fused-ring (bicyclic) bond motifs is 1. The average molecular weight is 317 g/mol. The van der Waals surface area contributed by atoms with Gasteiger partial charge in [-0.3, -0.25) is 10.1 Å². The fourth-order valence-corrected chi connectivity index (χ4v) is 2.88. The Morgan fingerprint density at radius 1 is 1.14 bits per heavy atom. The van der Waals surface area contributed by atoms with Crippen LogP contribution in [0.5, 0.6) is 0 Å². The summed E-state index contributed by atoms with van der Waals surface area (Å²) >= 11 is 7.50. The molecule has 0 aliphatic heterocycles. The minimum absolute atomic E-state index is 0.0850. The molecule has 0 N–H and O–H groups in total. The molecule has 21 heavy (non-hydrogen) atoms. The first kappa shape index (κ1) is 13.7. The van der Waals surface area contributed by atoms with E-state index < -0.39 is 4.92 Å². The van der Waals surface area contributed by atoms with Gasteiger partial charge in [-0.25, -0.2) is 4.98 Å². The Balaban J connectivity index is 1.85. The third-order valence-corrected chi connectivity index (χ3v) is 4.13. The molecule has 0 unspecified atom stereocenters. The first-order chi connectivity index (χ1) is 10.1. The van der Waals surface area contributed by atoms with Gasteiger partial charge in [0.25, 0.3) is 5.69 Å². The van der Waals surface area contributed by atoms with Crippen LogP contribution in [0, 0.1) is 10.1 Å². The summed E-state index contributed by atoms with van der Waals surface area (Å²) in [5.74, 6) is 0. The molecule has 0 spiro atoms. The van der Waals surface area contributed by atoms with Crippen LogP contribution in [-0.4, -0.2) is 9.91 Å². The third-order valence-electron chi connectivity index (χ3n) is 2.89. The van der Waals surface area contributed by atoms with E-state index >= 15 is 0 Å². The SMILES string of the molecule is O=[N+]([O-])c1ccc(/C=C/c2nc3cc(Cl)ccc3s2)cc1. The van der Waals surface area contributed by atoms with Crippen molar-refractivity contribution in [1.29, 1.82) is 0 Å². The standard InChI is InChI=1S/C15H9ClN2O2S/c16-11-4-7-14-13(9-11)17-15(21-14)8-3-10-1-5-12(6-2-10)18(19)20/h1-9H/b8-3+. The largest absolute Gasteiger partial charge is 0.269 e. The number of nitrogens with zero attached hydrogens (tertiary/aromatic N) is 2. The van der Waals surface area contributed by atoms with Gasteiger partial charge in [0.15, 0.2) is 0 Å². The lowest BCUT2D eigenvalue weighted by Crippen LogP contribution is -1.86. The maximum Gasteiger partial charge on any atom is 0.269 e. The van der Waals surface area contributed by atoms with Gasteiger partial charge in [0.2, 0.25) is 0 Å². The summed E-state index contributed by atoms with van der Waals surface area (Å²) < 4.78 is 1.07. The first-order valence-electron chi connectivity index (χ1n) is 6.10. The van der Waals surface area contributed by atoms with Crippen LogP contribution in [0.4, 0.5) is 5.69 Å². The Labute approximate surface area is 129 Å². The molecule has 0 bridgehead atoms. The van der Waals surface area contributed by atoms with Gasteiger partial charge in [0, 0.05) is 17.2 Å². The second-order valence-electron chi connectivity index (χ2n) is 4.35. The zero-order chi connectivity index (χ0) is 14.8. The number of rotatable bonds is 3. The van der Waals surface area contributed by atoms with Gasteiger partial charge in [0.1, 0.15) is 5.01 Å². The van der Waals surface area contributed by atoms with Gasteiger partial charge < -0.3 is 0 Å². The Bertz CT molecular complexity index is 841. The molecule has 0 fully saturated rings. The van der Waals surface area contributed by atoms with Crippen molar-refractivity contribution in [2.45, 2.75) is 0 Å². The Morgan fingerprint density at radius 2 is 1.90 bits per heavy atom. The highest BCUT2D eigenvalue weighted by Gasteiger charge is 2.03. The van der Waals surface area contributed by atoms with Crippen LogP contribution < -0.4 is 0 Å². The Kier molecular flexibility index (Phi) is 3.68. The van der Waals surface area contributed by atoms with E-state index in [0.29, 0.717) is 5.02 Å². The highest BCUT2D eigenvalue weighted by atomic mass is 35.5. The quantitative estimate of drug-likeness (QED) is 0.503. The molecule has 1 aromatic heterocycles. The lowest BCUT2D eigenvalue weighted by molar-refractivity contribution is -0.384. The molecule has 4 nitrogen and oxygen atoms in total. The van der Waals surface area contributed by atoms with Gasteiger partial charge in [-0.15, -0.1) is 11.3 Å². The van der Waals surface area contributed by atoms with E-state index in [0.717, 1.165) is 20.8 Å². The highest BCUT2D eigenvalue weighted by Crippen LogP contribution is 2.26. The summed E-state index contributed by atoms with van der Waals surface area (Å²) in [6, 6.07) is 12.0. The van der Waals surface area contributed by atoms with E-state index in [1.54, 1.807) is 23.5 Å². The number of halogens is 1. The molecular formula is C15H9ClN2O2S. The molecule has 0 saturated heterocycles. The van der Waals surface area contributed by atoms with Crippen LogP contribution in [0.15, 0.2) is 42.5 Å². The van der Waals surface area contributed by atoms with Crippen molar-refractivity contribution in [3.8, 4) is 0 Å². The second kappa shape index (κ2) is 5.63. The van der Waals surface area contributed by atoms with Crippen LogP contribution in [0.2, 0.25) is 5.02 Å². The molecule has 2 aromatic carbocycles. The zero-order valence-electron chi connectivity index (χ0n) is 10.7. The second-order valence-corrected chi connectivity index (χ2v) is 5.84. The summed E-state index contributed by atoms with van der Waals surface area (Å²) in [6.45, 7) is 0. The number of thiazole rings is 1. The van der Waals surface area contributed by atoms with E-state index in [4.69, 9.17) is 11.6 Å². The molecule has 0 saturated carbocycles. The number of hydrogen-bond donors (Lipinski definition) is 0. The lowest BCUT2D eigenvalue weighted by Gasteiger charge is -1.92. The fourth-order valence-electron chi connectivity index (χ4n) is 1.86. The van der Waals surface area contributed by atoms with E-state index in [-0.39, 0.29) is 5.69 Å². The predicted molar refractivity (Wildman–Crippen MR) is 86.7 cm³/mol. The summed E-state index contributed by atoms with van der Waals surface area (Å²) in [7, 11) is 0. The molecule has 0 radical (unpaired) electrons. The van der Waals surface area contributed by atoms with Crippen LogP contribution >= 0.6 is 22.9 Å². The van der Waals surface area contributed by atoms with Crippen LogP contribution in [-0.2, 0) is 0 Å². The van der Waals surface area contributed by atoms with Crippen molar-refractivity contribution < 1.29 is 4.92 Å². The average Bonchev–Trinajstić information content (AvgIpc) is 2.87. The van der Waals surface area contributed by atoms with Crippen molar-refractivity contribution in [1.82, 2.24) is 4.98 Å². The number of benzene rings is 2. The Hall–Kier alpha value is -2.24. The van der Waals surface area contributed by atoms with Gasteiger partial charge in [-0.05, 0) is 42.0 Å². The molecule has 0 atom stereocenters. The van der Waals surface area contributed by atoms with Crippen molar-refractivity contribution in [3.05, 3.63) is 68.2 Å². The summed E-state index contributed by atoms with van der Waals surface area (Å²) in [4.78, 5) is 14.6. The smallest absolute Gasteiger partial charge is 0.258 e. The number of hydrogen-bond acceptors (Lipinski definition) is 4. The van der Waals surface area contributed by atoms with Gasteiger partial charge in [0.05, 0.1) is 15.1 Å². The van der Waals surface area contributed by atoms with Crippen molar-refractivity contribution >= 4 is 51.0 Å². The summed E-state index contributed by atoms with van der Waals surface area (Å²) in [6.07, 6.45) is 3.77. The normalized spacial score (nSPS) is 11.3. The molecule has 0 aliphatic rings. The van der Waals surface area contributed by atoms with Crippen molar-refractivity contribution in [3.63, 3.8) is 0 Å². The van der Waals surface area contributed by atoms with Crippen LogP contribution in [0.3, 0.4) is 0 Å². The monoisotopic (exact) mass is 316 g/mol. The number of aromatic nitrogens is 1. The van der Waals surface area contributed by atoms with Gasteiger partial charge >= 0.3 is 0 Å². The highest BCUT2D eigenvalue weighted by molar-refractivity contribution is 7.19. The van der Waals surface area contributed by atoms with E-state index in [9.17, 15) is 10.1 Å². The van der Waals surface area contributed by atoms with E-state index in [1.807, 2.05) is 30.4 Å². The lowest BCUT2D eigenvalue weighted by atomic mass is 10.2. The number of nitro benzene ring substituents is 1. The molecule has 1 heterocycles. The maximum atomic E-state index is 10.6. The molecule has 0 amide bonds. The van der Waals surface area contributed by atoms with E-state index in [1.165, 1.54) is 12.1 Å². The topological polar surface area (TPSA) is 56.0 Å². The third kappa shape index (κ3) is 3.09. The maximum absolute atomic E-state index is 10.6. The molecule has 0 aliphatic carbocycles. The van der Waals surface area contributed by atoms with Crippen LogP contribution in [0.1, 0.15) is 10.6 Å². The molecule has 6 heteroatoms. The molecule has 104 valence electrons. The van der Waals surface area contributed by atoms with Crippen molar-refractivity contribution in [2.24, 2.45) is 0 Å². The fraction of sp³-hybridized carbons (Fsp3) is 0.